The van der Waals surface area contributed by atoms with Gasteiger partial charge >= 0.3 is 0 Å². The molecule has 0 radical (unpaired) electrons. The van der Waals surface area contributed by atoms with Crippen molar-refractivity contribution in [3.63, 3.8) is 0 Å². The second kappa shape index (κ2) is 8.97. The average Bonchev–Trinajstić information content (AvgIpc) is 3.57. The first-order valence-corrected chi connectivity index (χ1v) is 12.3. The van der Waals surface area contributed by atoms with Gasteiger partial charge in [0.1, 0.15) is 11.9 Å². The van der Waals surface area contributed by atoms with Gasteiger partial charge in [-0.05, 0) is 31.4 Å². The highest BCUT2D eigenvalue weighted by atomic mass is 32.2. The number of amides is 1. The SMILES string of the molecule is CCC(C(=O)Nc1ccc(-c2cncc(C#N)n2)cn1)c1csc(NS(=O)(=O)C2CC2)n1. The molecule has 10 nitrogen and oxygen atoms in total. The molecule has 32 heavy (non-hydrogen) atoms. The lowest BCUT2D eigenvalue weighted by molar-refractivity contribution is -0.117. The van der Waals surface area contributed by atoms with Crippen LogP contribution in [0.5, 0.6) is 0 Å². The number of hydrogen-bond acceptors (Lipinski definition) is 9. The summed E-state index contributed by atoms with van der Waals surface area (Å²) >= 11 is 1.16. The zero-order valence-electron chi connectivity index (χ0n) is 17.0. The minimum Gasteiger partial charge on any atom is -0.310 e. The topological polar surface area (TPSA) is 151 Å². The Balaban J connectivity index is 1.43. The molecule has 0 saturated heterocycles. The molecule has 1 unspecified atom stereocenters. The fraction of sp³-hybridized carbons (Fsp3) is 0.300. The maximum atomic E-state index is 12.8. The third-order valence-electron chi connectivity index (χ3n) is 4.86. The summed E-state index contributed by atoms with van der Waals surface area (Å²) in [5.74, 6) is -0.488. The van der Waals surface area contributed by atoms with Crippen LogP contribution in [0.4, 0.5) is 10.9 Å². The van der Waals surface area contributed by atoms with Crippen LogP contribution in [0, 0.1) is 11.3 Å². The molecule has 2 N–H and O–H groups in total. The van der Waals surface area contributed by atoms with Crippen molar-refractivity contribution < 1.29 is 13.2 Å². The monoisotopic (exact) mass is 469 g/mol. The molecule has 1 fully saturated rings. The Morgan fingerprint density at radius 3 is 2.75 bits per heavy atom. The molecule has 0 aliphatic heterocycles. The van der Waals surface area contributed by atoms with Gasteiger partial charge in [-0.25, -0.2) is 23.4 Å². The highest BCUT2D eigenvalue weighted by molar-refractivity contribution is 7.93. The van der Waals surface area contributed by atoms with Crippen LogP contribution in [-0.2, 0) is 14.8 Å². The minimum atomic E-state index is -3.40. The lowest BCUT2D eigenvalue weighted by Gasteiger charge is -2.12. The number of nitriles is 1. The second-order valence-corrected chi connectivity index (χ2v) is 10.0. The predicted molar refractivity (Wildman–Crippen MR) is 119 cm³/mol. The smallest absolute Gasteiger partial charge is 0.237 e. The Morgan fingerprint density at radius 1 is 1.28 bits per heavy atom. The van der Waals surface area contributed by atoms with Gasteiger partial charge in [-0.1, -0.05) is 6.92 Å². The van der Waals surface area contributed by atoms with Crippen LogP contribution in [0.15, 0.2) is 36.1 Å². The van der Waals surface area contributed by atoms with Gasteiger partial charge < -0.3 is 5.32 Å². The molecule has 12 heteroatoms. The highest BCUT2D eigenvalue weighted by Crippen LogP contribution is 2.32. The first kappa shape index (κ1) is 21.8. The number of thiazole rings is 1. The summed E-state index contributed by atoms with van der Waals surface area (Å²) in [6.07, 6.45) is 6.25. The molecule has 0 bridgehead atoms. The number of carbonyl (C=O) groups is 1. The number of rotatable bonds is 8. The molecule has 1 aliphatic carbocycles. The van der Waals surface area contributed by atoms with Crippen molar-refractivity contribution in [2.75, 3.05) is 10.0 Å². The number of nitrogens with one attached hydrogen (secondary N) is 2. The van der Waals surface area contributed by atoms with Crippen molar-refractivity contribution in [2.45, 2.75) is 37.4 Å². The summed E-state index contributed by atoms with van der Waals surface area (Å²) in [5.41, 5.74) is 1.87. The molecule has 0 spiro atoms. The van der Waals surface area contributed by atoms with Crippen LogP contribution in [0.3, 0.4) is 0 Å². The van der Waals surface area contributed by atoms with Gasteiger partial charge in [0.25, 0.3) is 0 Å². The predicted octanol–water partition coefficient (Wildman–Crippen LogP) is 2.90. The summed E-state index contributed by atoms with van der Waals surface area (Å²) in [5, 5.41) is 13.3. The van der Waals surface area contributed by atoms with Gasteiger partial charge in [0.2, 0.25) is 15.9 Å². The van der Waals surface area contributed by atoms with Crippen molar-refractivity contribution in [2.24, 2.45) is 0 Å². The van der Waals surface area contributed by atoms with E-state index >= 15 is 0 Å². The van der Waals surface area contributed by atoms with Gasteiger partial charge in [0, 0.05) is 17.1 Å². The number of pyridine rings is 1. The van der Waals surface area contributed by atoms with E-state index in [1.807, 2.05) is 13.0 Å². The quantitative estimate of drug-likeness (QED) is 0.511. The molecule has 1 aliphatic rings. The van der Waals surface area contributed by atoms with E-state index < -0.39 is 15.9 Å². The van der Waals surface area contributed by atoms with Crippen molar-refractivity contribution in [3.8, 4) is 17.3 Å². The molecule has 164 valence electrons. The Labute approximate surface area is 188 Å². The molecule has 1 amide bonds. The third kappa shape index (κ3) is 4.90. The zero-order valence-corrected chi connectivity index (χ0v) is 18.7. The van der Waals surface area contributed by atoms with E-state index in [-0.39, 0.29) is 22.0 Å². The Morgan fingerprint density at radius 2 is 2.09 bits per heavy atom. The van der Waals surface area contributed by atoms with Gasteiger partial charge in [0.15, 0.2) is 10.8 Å². The Kier molecular flexibility index (Phi) is 6.11. The van der Waals surface area contributed by atoms with E-state index in [4.69, 9.17) is 5.26 Å². The van der Waals surface area contributed by atoms with Crippen LogP contribution in [-0.4, -0.2) is 39.5 Å². The highest BCUT2D eigenvalue weighted by Gasteiger charge is 2.36. The lowest BCUT2D eigenvalue weighted by atomic mass is 10.0. The fourth-order valence-corrected chi connectivity index (χ4v) is 5.36. The largest absolute Gasteiger partial charge is 0.310 e. The summed E-state index contributed by atoms with van der Waals surface area (Å²) in [6, 6.07) is 5.30. The molecule has 3 aromatic heterocycles. The van der Waals surface area contributed by atoms with Crippen molar-refractivity contribution in [1.82, 2.24) is 19.9 Å². The molecule has 3 aromatic rings. The maximum Gasteiger partial charge on any atom is 0.237 e. The first-order valence-electron chi connectivity index (χ1n) is 9.86. The summed E-state index contributed by atoms with van der Waals surface area (Å²) in [4.78, 5) is 29.5. The van der Waals surface area contributed by atoms with Crippen LogP contribution < -0.4 is 10.0 Å². The number of sulfonamides is 1. The summed E-state index contributed by atoms with van der Waals surface area (Å²) in [7, 11) is -3.40. The van der Waals surface area contributed by atoms with Gasteiger partial charge in [-0.3, -0.25) is 14.5 Å². The van der Waals surface area contributed by atoms with E-state index in [9.17, 15) is 13.2 Å². The van der Waals surface area contributed by atoms with Crippen molar-refractivity contribution >= 4 is 38.2 Å². The standard InChI is InChI=1S/C20H19N7O3S2/c1-2-15(17-11-31-20(25-17)27-32(29,30)14-4-5-14)19(28)26-18-6-3-12(8-23-18)16-10-22-9-13(7-21)24-16/h3,6,8-11,14-15H,2,4-5H2,1H3,(H,25,27)(H,23,26,28). The molecule has 4 rings (SSSR count). The van der Waals surface area contributed by atoms with Gasteiger partial charge in [-0.2, -0.15) is 5.26 Å². The minimum absolute atomic E-state index is 0.202. The van der Waals surface area contributed by atoms with E-state index in [0.29, 0.717) is 42.0 Å². The molecule has 0 aromatic carbocycles. The van der Waals surface area contributed by atoms with E-state index in [0.717, 1.165) is 11.3 Å². The molecule has 1 atom stereocenters. The number of hydrogen-bond donors (Lipinski definition) is 2. The Bertz CT molecular complexity index is 1280. The lowest BCUT2D eigenvalue weighted by Crippen LogP contribution is -2.22. The van der Waals surface area contributed by atoms with E-state index in [1.54, 1.807) is 17.5 Å². The van der Waals surface area contributed by atoms with Crippen LogP contribution >= 0.6 is 11.3 Å². The number of anilines is 2. The normalized spacial score (nSPS) is 14.4. The summed E-state index contributed by atoms with van der Waals surface area (Å²) < 4.78 is 26.7. The van der Waals surface area contributed by atoms with Crippen molar-refractivity contribution in [3.05, 3.63) is 47.5 Å². The average molecular weight is 470 g/mol. The van der Waals surface area contributed by atoms with Crippen LogP contribution in [0.2, 0.25) is 0 Å². The second-order valence-electron chi connectivity index (χ2n) is 7.21. The maximum absolute atomic E-state index is 12.8. The number of carbonyl (C=O) groups excluding carboxylic acids is 1. The molecule has 1 saturated carbocycles. The van der Waals surface area contributed by atoms with E-state index in [1.165, 1.54) is 18.6 Å². The van der Waals surface area contributed by atoms with Gasteiger partial charge in [0.05, 0.1) is 34.9 Å². The number of aromatic nitrogens is 4. The van der Waals surface area contributed by atoms with Crippen molar-refractivity contribution in [1.29, 1.82) is 5.26 Å². The third-order valence-corrected chi connectivity index (χ3v) is 7.59. The van der Waals surface area contributed by atoms with Gasteiger partial charge in [-0.15, -0.1) is 11.3 Å². The Hall–Kier alpha value is -3.43. The number of nitrogens with zero attached hydrogens (tertiary/aromatic N) is 5. The van der Waals surface area contributed by atoms with Crippen LogP contribution in [0.1, 0.15) is 43.5 Å². The van der Waals surface area contributed by atoms with Crippen LogP contribution in [0.25, 0.3) is 11.3 Å². The van der Waals surface area contributed by atoms with E-state index in [2.05, 4.69) is 30.0 Å². The zero-order chi connectivity index (χ0) is 22.7. The fourth-order valence-electron chi connectivity index (χ4n) is 3.00. The molecular weight excluding hydrogens is 450 g/mol. The first-order chi connectivity index (χ1) is 15.4. The summed E-state index contributed by atoms with van der Waals surface area (Å²) in [6.45, 7) is 1.86. The molecular formula is C20H19N7O3S2. The molecule has 3 heterocycles.